The zero-order chi connectivity index (χ0) is 31.2. The number of aryl methyl sites for hydroxylation is 1. The Morgan fingerprint density at radius 2 is 1.95 bits per heavy atom. The molecule has 2 bridgehead atoms. The molecule has 6 atom stereocenters. The second-order valence-corrected chi connectivity index (χ2v) is 13.9. The summed E-state index contributed by atoms with van der Waals surface area (Å²) in [4.78, 5) is 30.4. The average molecular weight is 623 g/mol. The van der Waals surface area contributed by atoms with Crippen molar-refractivity contribution in [1.29, 1.82) is 0 Å². The van der Waals surface area contributed by atoms with E-state index >= 15 is 0 Å². The molecule has 2 aliphatic carbocycles. The van der Waals surface area contributed by atoms with Gasteiger partial charge in [0.2, 0.25) is 5.91 Å². The molecule has 2 aliphatic heterocycles. The van der Waals surface area contributed by atoms with E-state index in [2.05, 4.69) is 17.0 Å². The summed E-state index contributed by atoms with van der Waals surface area (Å²) in [5.41, 5.74) is 1.07. The van der Waals surface area contributed by atoms with Crippen LogP contribution in [-0.2, 0) is 31.8 Å². The molecular weight excluding hydrogens is 580 g/mol. The van der Waals surface area contributed by atoms with Crippen molar-refractivity contribution in [3.63, 3.8) is 0 Å². The SMILES string of the molecule is COC(=O)[C@]1(O)CC(=O)N(C)C[C@H](C)/C=C/[C@H](O)[C@@H]2CC[C@H]2CN2C[C@@]3(CCCc4cc(Cl)ccc43)COc3ccc1cc32. The molecule has 1 spiro atoms. The van der Waals surface area contributed by atoms with E-state index < -0.39 is 24.1 Å². The summed E-state index contributed by atoms with van der Waals surface area (Å²) < 4.78 is 11.7. The zero-order valence-corrected chi connectivity index (χ0v) is 26.6. The van der Waals surface area contributed by atoms with Crippen LogP contribution in [0.1, 0.15) is 55.7 Å². The number of fused-ring (bicyclic) bond motifs is 4. The van der Waals surface area contributed by atoms with Crippen molar-refractivity contribution < 1.29 is 29.3 Å². The lowest BCUT2D eigenvalue weighted by Gasteiger charge is -2.45. The first-order valence-corrected chi connectivity index (χ1v) is 16.1. The molecule has 1 amide bonds. The van der Waals surface area contributed by atoms with Gasteiger partial charge in [-0.3, -0.25) is 4.79 Å². The molecule has 236 valence electrons. The Hall–Kier alpha value is -3.07. The second-order valence-electron chi connectivity index (χ2n) is 13.4. The molecule has 1 saturated carbocycles. The summed E-state index contributed by atoms with van der Waals surface area (Å²) >= 11 is 6.41. The minimum Gasteiger partial charge on any atom is -0.490 e. The lowest BCUT2D eigenvalue weighted by atomic mass is 9.68. The number of anilines is 1. The van der Waals surface area contributed by atoms with Crippen LogP contribution in [0, 0.1) is 17.8 Å². The van der Waals surface area contributed by atoms with Crippen LogP contribution in [0.2, 0.25) is 5.02 Å². The Labute approximate surface area is 264 Å². The third-order valence-corrected chi connectivity index (χ3v) is 10.7. The van der Waals surface area contributed by atoms with Gasteiger partial charge < -0.3 is 29.5 Å². The van der Waals surface area contributed by atoms with E-state index in [0.717, 1.165) is 42.8 Å². The molecule has 1 fully saturated rings. The van der Waals surface area contributed by atoms with E-state index in [1.165, 1.54) is 23.1 Å². The van der Waals surface area contributed by atoms with E-state index in [-0.39, 0.29) is 34.6 Å². The molecule has 2 heterocycles. The van der Waals surface area contributed by atoms with Gasteiger partial charge in [-0.05, 0) is 90.8 Å². The van der Waals surface area contributed by atoms with Crippen molar-refractivity contribution in [3.8, 4) is 5.75 Å². The number of aliphatic hydroxyl groups is 2. The maximum Gasteiger partial charge on any atom is 0.343 e. The van der Waals surface area contributed by atoms with Crippen LogP contribution in [0.4, 0.5) is 5.69 Å². The Balaban J connectivity index is 1.47. The van der Waals surface area contributed by atoms with Crippen molar-refractivity contribution in [2.45, 2.75) is 62.6 Å². The van der Waals surface area contributed by atoms with Gasteiger partial charge in [-0.25, -0.2) is 4.79 Å². The number of halogens is 1. The van der Waals surface area contributed by atoms with Crippen LogP contribution in [0.5, 0.6) is 5.75 Å². The van der Waals surface area contributed by atoms with Gasteiger partial charge in [0.1, 0.15) is 5.75 Å². The van der Waals surface area contributed by atoms with Crippen LogP contribution >= 0.6 is 11.6 Å². The maximum absolute atomic E-state index is 13.4. The average Bonchev–Trinajstić information content (AvgIpc) is 3.14. The Morgan fingerprint density at radius 1 is 1.14 bits per heavy atom. The van der Waals surface area contributed by atoms with Gasteiger partial charge in [-0.1, -0.05) is 42.8 Å². The third-order valence-electron chi connectivity index (χ3n) is 10.4. The molecule has 0 saturated heterocycles. The number of hydrogen-bond donors (Lipinski definition) is 2. The zero-order valence-electron chi connectivity index (χ0n) is 25.8. The number of esters is 1. The predicted molar refractivity (Wildman–Crippen MR) is 169 cm³/mol. The first-order chi connectivity index (χ1) is 21.0. The molecule has 0 unspecified atom stereocenters. The van der Waals surface area contributed by atoms with E-state index in [1.54, 1.807) is 25.2 Å². The van der Waals surface area contributed by atoms with Crippen molar-refractivity contribution in [2.75, 3.05) is 45.3 Å². The Bertz CT molecular complexity index is 1460. The topological polar surface area (TPSA) is 99.5 Å². The van der Waals surface area contributed by atoms with Crippen molar-refractivity contribution in [3.05, 3.63) is 70.3 Å². The molecule has 9 heteroatoms. The molecule has 2 N–H and O–H groups in total. The summed E-state index contributed by atoms with van der Waals surface area (Å²) in [5.74, 6) is -0.267. The Kier molecular flexibility index (Phi) is 8.46. The van der Waals surface area contributed by atoms with Gasteiger partial charge in [0.05, 0.1) is 31.9 Å². The van der Waals surface area contributed by atoms with Gasteiger partial charge in [-0.2, -0.15) is 0 Å². The number of hydrogen-bond acceptors (Lipinski definition) is 7. The highest BCUT2D eigenvalue weighted by molar-refractivity contribution is 6.30. The monoisotopic (exact) mass is 622 g/mol. The fourth-order valence-corrected chi connectivity index (χ4v) is 7.98. The molecular formula is C35H43ClN2O6. The van der Waals surface area contributed by atoms with Gasteiger partial charge in [0.25, 0.3) is 0 Å². The number of methoxy groups -OCH3 is 1. The molecule has 0 radical (unpaired) electrons. The fourth-order valence-electron chi connectivity index (χ4n) is 7.78. The van der Waals surface area contributed by atoms with Gasteiger partial charge in [0.15, 0.2) is 5.60 Å². The van der Waals surface area contributed by atoms with Gasteiger partial charge in [-0.15, -0.1) is 0 Å². The molecule has 8 nitrogen and oxygen atoms in total. The highest BCUT2D eigenvalue weighted by Crippen LogP contribution is 2.47. The highest BCUT2D eigenvalue weighted by atomic mass is 35.5. The van der Waals surface area contributed by atoms with E-state index in [1.807, 2.05) is 25.1 Å². The van der Waals surface area contributed by atoms with E-state index in [4.69, 9.17) is 21.1 Å². The quantitative estimate of drug-likeness (QED) is 0.354. The number of amides is 1. The largest absolute Gasteiger partial charge is 0.490 e. The summed E-state index contributed by atoms with van der Waals surface area (Å²) in [6.07, 6.45) is 7.66. The van der Waals surface area contributed by atoms with Gasteiger partial charge in [0, 0.05) is 37.1 Å². The molecule has 2 aromatic carbocycles. The number of carbonyl (C=O) groups excluding carboxylic acids is 2. The van der Waals surface area contributed by atoms with Crippen LogP contribution in [-0.4, -0.2) is 73.5 Å². The lowest BCUT2D eigenvalue weighted by molar-refractivity contribution is -0.168. The number of aliphatic hydroxyl groups excluding tert-OH is 1. The smallest absolute Gasteiger partial charge is 0.343 e. The molecule has 4 aliphatic rings. The summed E-state index contributed by atoms with van der Waals surface area (Å²) in [5, 5.41) is 23.8. The maximum atomic E-state index is 13.4. The normalized spacial score (nSPS) is 32.9. The highest BCUT2D eigenvalue weighted by Gasteiger charge is 2.46. The number of nitrogens with zero attached hydrogens (tertiary/aromatic N) is 2. The fraction of sp³-hybridized carbons (Fsp3) is 0.543. The van der Waals surface area contributed by atoms with Crippen molar-refractivity contribution in [2.24, 2.45) is 17.8 Å². The minimum absolute atomic E-state index is 0.0235. The number of rotatable bonds is 1. The van der Waals surface area contributed by atoms with Crippen LogP contribution in [0.25, 0.3) is 0 Å². The number of benzene rings is 2. The van der Waals surface area contributed by atoms with Gasteiger partial charge >= 0.3 is 5.97 Å². The van der Waals surface area contributed by atoms with Crippen molar-refractivity contribution in [1.82, 2.24) is 4.90 Å². The summed E-state index contributed by atoms with van der Waals surface area (Å²) in [7, 11) is 2.88. The third kappa shape index (κ3) is 5.61. The van der Waals surface area contributed by atoms with Crippen LogP contribution in [0.3, 0.4) is 0 Å². The van der Waals surface area contributed by atoms with Crippen molar-refractivity contribution >= 4 is 29.2 Å². The second kappa shape index (κ2) is 12.0. The first kappa shape index (κ1) is 30.9. The molecule has 44 heavy (non-hydrogen) atoms. The lowest BCUT2D eigenvalue weighted by Crippen LogP contribution is -2.49. The molecule has 6 rings (SSSR count). The first-order valence-electron chi connectivity index (χ1n) is 15.8. The van der Waals surface area contributed by atoms with E-state index in [9.17, 15) is 19.8 Å². The Morgan fingerprint density at radius 3 is 2.70 bits per heavy atom. The standard InChI is InChI=1S/C35H43ClN2O6/c1-22-6-12-30(39)27-10-7-24(27)19-38-20-34(14-4-5-23-15-26(36)9-11-28(23)34)21-44-31-13-8-25(16-29(31)38)35(42,33(41)43-3)17-32(40)37(2)18-22/h6,8-9,11-13,15-16,22,24,27,30,39,42H,4-5,7,10,14,17-21H2,1-3H3/b12-6+/t22-,24+,27-,30+,34+,35+/m1/s1. The number of ether oxygens (including phenoxy) is 2. The van der Waals surface area contributed by atoms with Crippen LogP contribution in [0.15, 0.2) is 48.6 Å². The molecule has 2 aromatic rings. The predicted octanol–water partition coefficient (Wildman–Crippen LogP) is 4.62. The number of carbonyl (C=O) groups is 2. The summed E-state index contributed by atoms with van der Waals surface area (Å²) in [6.45, 7) is 4.20. The van der Waals surface area contributed by atoms with E-state index in [0.29, 0.717) is 32.0 Å². The minimum atomic E-state index is -2.18. The summed E-state index contributed by atoms with van der Waals surface area (Å²) in [6, 6.07) is 11.4. The molecule has 0 aromatic heterocycles. The van der Waals surface area contributed by atoms with Crippen LogP contribution < -0.4 is 9.64 Å².